The number of rotatable bonds is 7. The Labute approximate surface area is 159 Å². The lowest BCUT2D eigenvalue weighted by atomic mass is 10.1. The largest absolute Gasteiger partial charge is 0.355 e. The summed E-state index contributed by atoms with van der Waals surface area (Å²) in [5.74, 6) is 1.88. The molecule has 25 heavy (non-hydrogen) atoms. The minimum Gasteiger partial charge on any atom is -0.355 e. The maximum absolute atomic E-state index is 12.2. The van der Waals surface area contributed by atoms with Crippen LogP contribution in [0.1, 0.15) is 19.8 Å². The van der Waals surface area contributed by atoms with Crippen molar-refractivity contribution in [1.82, 2.24) is 15.4 Å². The SMILES string of the molecule is CN=C(NCCNS(=O)(=O)c1cccc(Cl)c1)NCC1(C)CCCS1. The quantitative estimate of drug-likeness (QED) is 0.368. The zero-order chi connectivity index (χ0) is 18.3. The van der Waals surface area contributed by atoms with E-state index in [1.54, 1.807) is 19.2 Å². The van der Waals surface area contributed by atoms with Gasteiger partial charge in [-0.25, -0.2) is 13.1 Å². The van der Waals surface area contributed by atoms with Crippen LogP contribution in [0.2, 0.25) is 5.02 Å². The molecule has 0 saturated carbocycles. The normalized spacial score (nSPS) is 21.3. The Balaban J connectivity index is 1.75. The summed E-state index contributed by atoms with van der Waals surface area (Å²) in [5.41, 5.74) is 0. The van der Waals surface area contributed by atoms with Crippen LogP contribution < -0.4 is 15.4 Å². The van der Waals surface area contributed by atoms with E-state index in [1.165, 1.54) is 30.7 Å². The number of nitrogens with zero attached hydrogens (tertiary/aromatic N) is 1. The maximum atomic E-state index is 12.2. The Morgan fingerprint density at radius 3 is 2.80 bits per heavy atom. The van der Waals surface area contributed by atoms with Gasteiger partial charge in [0.1, 0.15) is 0 Å². The van der Waals surface area contributed by atoms with E-state index in [4.69, 9.17) is 11.6 Å². The number of halogens is 1. The Kier molecular flexibility index (Phi) is 7.42. The highest BCUT2D eigenvalue weighted by molar-refractivity contribution is 8.00. The van der Waals surface area contributed by atoms with Crippen LogP contribution in [0.15, 0.2) is 34.2 Å². The second-order valence-corrected chi connectivity index (χ2v) is 10.00. The van der Waals surface area contributed by atoms with Gasteiger partial charge < -0.3 is 10.6 Å². The summed E-state index contributed by atoms with van der Waals surface area (Å²) >= 11 is 7.82. The number of benzene rings is 1. The van der Waals surface area contributed by atoms with E-state index in [-0.39, 0.29) is 16.2 Å². The van der Waals surface area contributed by atoms with Crippen LogP contribution in [0.25, 0.3) is 0 Å². The molecule has 1 heterocycles. The summed E-state index contributed by atoms with van der Waals surface area (Å²) < 4.78 is 27.2. The lowest BCUT2D eigenvalue weighted by molar-refractivity contribution is 0.577. The van der Waals surface area contributed by atoms with Crippen molar-refractivity contribution in [1.29, 1.82) is 0 Å². The second kappa shape index (κ2) is 9.12. The lowest BCUT2D eigenvalue weighted by Crippen LogP contribution is -2.45. The molecule has 1 aliphatic heterocycles. The van der Waals surface area contributed by atoms with Gasteiger partial charge in [-0.2, -0.15) is 11.8 Å². The van der Waals surface area contributed by atoms with Crippen LogP contribution in [-0.2, 0) is 10.0 Å². The fraction of sp³-hybridized carbons (Fsp3) is 0.562. The summed E-state index contributed by atoms with van der Waals surface area (Å²) in [7, 11) is -1.86. The molecule has 1 saturated heterocycles. The van der Waals surface area contributed by atoms with Crippen LogP contribution in [0.3, 0.4) is 0 Å². The van der Waals surface area contributed by atoms with Gasteiger partial charge in [0.05, 0.1) is 4.90 Å². The minimum atomic E-state index is -3.56. The third kappa shape index (κ3) is 6.36. The summed E-state index contributed by atoms with van der Waals surface area (Å²) in [6, 6.07) is 6.20. The minimum absolute atomic E-state index is 0.161. The molecule has 1 atom stereocenters. The molecule has 140 valence electrons. The summed E-state index contributed by atoms with van der Waals surface area (Å²) in [5, 5.41) is 6.83. The predicted molar refractivity (Wildman–Crippen MR) is 106 cm³/mol. The van der Waals surface area contributed by atoms with Crippen LogP contribution in [0.4, 0.5) is 0 Å². The Bertz CT molecular complexity index is 704. The Hall–Kier alpha value is -0.960. The molecule has 1 aliphatic rings. The first kappa shape index (κ1) is 20.4. The third-order valence-electron chi connectivity index (χ3n) is 3.97. The van der Waals surface area contributed by atoms with Crippen molar-refractivity contribution in [3.05, 3.63) is 29.3 Å². The molecule has 1 aromatic rings. The number of aliphatic imine (C=N–C) groups is 1. The Morgan fingerprint density at radius 1 is 1.36 bits per heavy atom. The van der Waals surface area contributed by atoms with Gasteiger partial charge in [-0.15, -0.1) is 0 Å². The summed E-state index contributed by atoms with van der Waals surface area (Å²) in [4.78, 5) is 4.34. The molecular formula is C16H25ClN4O2S2. The Morgan fingerprint density at radius 2 is 2.16 bits per heavy atom. The molecule has 3 N–H and O–H groups in total. The zero-order valence-corrected chi connectivity index (χ0v) is 16.9. The average Bonchev–Trinajstić information content (AvgIpc) is 3.01. The molecule has 2 rings (SSSR count). The number of nitrogens with one attached hydrogen (secondary N) is 3. The molecule has 0 aliphatic carbocycles. The number of hydrogen-bond donors (Lipinski definition) is 3. The molecule has 0 bridgehead atoms. The molecule has 1 aromatic carbocycles. The third-order valence-corrected chi connectivity index (χ3v) is 7.20. The fourth-order valence-corrected chi connectivity index (χ4v) is 5.13. The van der Waals surface area contributed by atoms with Gasteiger partial charge in [0, 0.05) is 36.5 Å². The number of hydrogen-bond acceptors (Lipinski definition) is 4. The monoisotopic (exact) mass is 404 g/mol. The van der Waals surface area contributed by atoms with Crippen LogP contribution in [-0.4, -0.2) is 51.6 Å². The molecule has 0 amide bonds. The second-order valence-electron chi connectivity index (χ2n) is 6.11. The molecule has 0 radical (unpaired) electrons. The van der Waals surface area contributed by atoms with Gasteiger partial charge in [0.25, 0.3) is 0 Å². The molecule has 0 aromatic heterocycles. The van der Waals surface area contributed by atoms with Gasteiger partial charge in [-0.3, -0.25) is 4.99 Å². The van der Waals surface area contributed by atoms with E-state index >= 15 is 0 Å². The van der Waals surface area contributed by atoms with Crippen molar-refractivity contribution < 1.29 is 8.42 Å². The van der Waals surface area contributed by atoms with Gasteiger partial charge in [-0.1, -0.05) is 17.7 Å². The topological polar surface area (TPSA) is 82.6 Å². The van der Waals surface area contributed by atoms with Crippen molar-refractivity contribution in [2.75, 3.05) is 32.4 Å². The van der Waals surface area contributed by atoms with E-state index < -0.39 is 10.0 Å². The van der Waals surface area contributed by atoms with E-state index in [9.17, 15) is 8.42 Å². The van der Waals surface area contributed by atoms with Crippen LogP contribution in [0, 0.1) is 0 Å². The van der Waals surface area contributed by atoms with Crippen molar-refractivity contribution in [3.63, 3.8) is 0 Å². The molecular weight excluding hydrogens is 380 g/mol. The number of sulfonamides is 1. The van der Waals surface area contributed by atoms with E-state index in [0.717, 1.165) is 6.54 Å². The van der Waals surface area contributed by atoms with E-state index in [1.807, 2.05) is 11.8 Å². The zero-order valence-electron chi connectivity index (χ0n) is 14.5. The molecule has 1 unspecified atom stereocenters. The summed E-state index contributed by atoms with van der Waals surface area (Å²) in [6.45, 7) is 3.78. The molecule has 6 nitrogen and oxygen atoms in total. The standard InChI is InChI=1S/C16H25ClN4O2S2/c1-16(7-4-10-24-16)12-20-15(18-2)19-8-9-21-25(22,23)14-6-3-5-13(17)11-14/h3,5-6,11,21H,4,7-10,12H2,1-2H3,(H2,18,19,20). The van der Waals surface area contributed by atoms with Crippen molar-refractivity contribution in [2.45, 2.75) is 29.4 Å². The summed E-state index contributed by atoms with van der Waals surface area (Å²) in [6.07, 6.45) is 2.45. The predicted octanol–water partition coefficient (Wildman–Crippen LogP) is 2.07. The van der Waals surface area contributed by atoms with Gasteiger partial charge in [-0.05, 0) is 43.7 Å². The van der Waals surface area contributed by atoms with Gasteiger partial charge in [0.15, 0.2) is 5.96 Å². The average molecular weight is 405 g/mol. The molecule has 1 fully saturated rings. The van der Waals surface area contributed by atoms with Crippen LogP contribution >= 0.6 is 23.4 Å². The number of thioether (sulfide) groups is 1. The van der Waals surface area contributed by atoms with Gasteiger partial charge >= 0.3 is 0 Å². The van der Waals surface area contributed by atoms with Crippen LogP contribution in [0.5, 0.6) is 0 Å². The van der Waals surface area contributed by atoms with Gasteiger partial charge in [0.2, 0.25) is 10.0 Å². The molecule has 0 spiro atoms. The fourth-order valence-electron chi connectivity index (χ4n) is 2.55. The highest BCUT2D eigenvalue weighted by atomic mass is 35.5. The van der Waals surface area contributed by atoms with Crippen molar-refractivity contribution in [2.24, 2.45) is 4.99 Å². The smallest absolute Gasteiger partial charge is 0.240 e. The maximum Gasteiger partial charge on any atom is 0.240 e. The van der Waals surface area contributed by atoms with Crippen molar-refractivity contribution >= 4 is 39.3 Å². The highest BCUT2D eigenvalue weighted by Crippen LogP contribution is 2.36. The van der Waals surface area contributed by atoms with E-state index in [0.29, 0.717) is 17.5 Å². The van der Waals surface area contributed by atoms with E-state index in [2.05, 4.69) is 27.3 Å². The first-order valence-corrected chi connectivity index (χ1v) is 11.0. The highest BCUT2D eigenvalue weighted by Gasteiger charge is 2.29. The number of guanidine groups is 1. The first-order valence-electron chi connectivity index (χ1n) is 8.18. The first-order chi connectivity index (χ1) is 11.8. The van der Waals surface area contributed by atoms with Crippen molar-refractivity contribution in [3.8, 4) is 0 Å². The lowest BCUT2D eigenvalue weighted by Gasteiger charge is -2.24. The molecule has 9 heteroatoms.